The fraction of sp³-hybridized carbons (Fsp3) is 0.0909. The first-order valence-electron chi connectivity index (χ1n) is 8.95. The van der Waals surface area contributed by atoms with Gasteiger partial charge >= 0.3 is 0 Å². The van der Waals surface area contributed by atoms with Gasteiger partial charge in [0.1, 0.15) is 5.82 Å². The minimum absolute atomic E-state index is 0.0152. The topological polar surface area (TPSA) is 81.0 Å². The van der Waals surface area contributed by atoms with E-state index < -0.39 is 4.92 Å². The molecule has 0 saturated heterocycles. The SMILES string of the molecule is C[C@@H](Nc1nc(-c2cccc([N+](=O)[O-])c2)nc2ccccc12)c1ccccc1. The number of benzene rings is 3. The van der Waals surface area contributed by atoms with Gasteiger partial charge in [0.2, 0.25) is 0 Å². The third-order valence-electron chi connectivity index (χ3n) is 4.57. The number of nitrogens with zero attached hydrogens (tertiary/aromatic N) is 3. The van der Waals surface area contributed by atoms with E-state index in [1.54, 1.807) is 12.1 Å². The van der Waals surface area contributed by atoms with Crippen molar-refractivity contribution < 1.29 is 4.92 Å². The number of nitro benzene ring substituents is 1. The zero-order valence-electron chi connectivity index (χ0n) is 15.2. The summed E-state index contributed by atoms with van der Waals surface area (Å²) in [6.45, 7) is 2.07. The Morgan fingerprint density at radius 2 is 1.68 bits per heavy atom. The van der Waals surface area contributed by atoms with Crippen molar-refractivity contribution in [3.8, 4) is 11.4 Å². The number of non-ortho nitro benzene ring substituents is 1. The van der Waals surface area contributed by atoms with Gasteiger partial charge in [-0.05, 0) is 24.6 Å². The maximum Gasteiger partial charge on any atom is 0.270 e. The van der Waals surface area contributed by atoms with Crippen molar-refractivity contribution in [1.29, 1.82) is 0 Å². The Kier molecular flexibility index (Phi) is 4.68. The van der Waals surface area contributed by atoms with Crippen LogP contribution in [0, 0.1) is 10.1 Å². The van der Waals surface area contributed by atoms with Crippen molar-refractivity contribution >= 4 is 22.4 Å². The number of fused-ring (bicyclic) bond motifs is 1. The maximum absolute atomic E-state index is 11.1. The largest absolute Gasteiger partial charge is 0.363 e. The first-order chi connectivity index (χ1) is 13.6. The van der Waals surface area contributed by atoms with Crippen LogP contribution in [0.5, 0.6) is 0 Å². The molecule has 6 nitrogen and oxygen atoms in total. The number of hydrogen-bond donors (Lipinski definition) is 1. The summed E-state index contributed by atoms with van der Waals surface area (Å²) in [5, 5.41) is 15.5. The number of aromatic nitrogens is 2. The van der Waals surface area contributed by atoms with Crippen LogP contribution in [-0.4, -0.2) is 14.9 Å². The lowest BCUT2D eigenvalue weighted by atomic mass is 10.1. The first kappa shape index (κ1) is 17.6. The van der Waals surface area contributed by atoms with Crippen molar-refractivity contribution in [3.05, 3.63) is 94.5 Å². The lowest BCUT2D eigenvalue weighted by Crippen LogP contribution is -2.09. The number of nitro groups is 1. The molecule has 4 aromatic rings. The molecule has 0 bridgehead atoms. The standard InChI is InChI=1S/C22H18N4O2/c1-15(16-8-3-2-4-9-16)23-22-19-12-5-6-13-20(19)24-21(25-22)17-10-7-11-18(14-17)26(27)28/h2-15H,1H3,(H,23,24,25)/t15-/m1/s1. The van der Waals surface area contributed by atoms with Gasteiger partial charge in [-0.1, -0.05) is 54.6 Å². The third-order valence-corrected chi connectivity index (χ3v) is 4.57. The molecular weight excluding hydrogens is 352 g/mol. The third kappa shape index (κ3) is 3.53. The normalized spacial score (nSPS) is 11.9. The molecule has 4 rings (SSSR count). The zero-order valence-corrected chi connectivity index (χ0v) is 15.2. The van der Waals surface area contributed by atoms with Crippen LogP contribution >= 0.6 is 0 Å². The van der Waals surface area contributed by atoms with E-state index in [2.05, 4.69) is 29.4 Å². The minimum atomic E-state index is -0.415. The van der Waals surface area contributed by atoms with Crippen LogP contribution in [0.25, 0.3) is 22.3 Å². The summed E-state index contributed by atoms with van der Waals surface area (Å²) in [7, 11) is 0. The highest BCUT2D eigenvalue weighted by Gasteiger charge is 2.14. The second-order valence-electron chi connectivity index (χ2n) is 6.50. The summed E-state index contributed by atoms with van der Waals surface area (Å²) < 4.78 is 0. The molecule has 0 amide bonds. The van der Waals surface area contributed by atoms with Crippen molar-refractivity contribution in [2.45, 2.75) is 13.0 Å². The van der Waals surface area contributed by atoms with Crippen LogP contribution in [0.3, 0.4) is 0 Å². The fourth-order valence-corrected chi connectivity index (χ4v) is 3.10. The highest BCUT2D eigenvalue weighted by atomic mass is 16.6. The van der Waals surface area contributed by atoms with Crippen LogP contribution in [0.1, 0.15) is 18.5 Å². The Labute approximate surface area is 162 Å². The molecule has 0 spiro atoms. The molecule has 0 aliphatic heterocycles. The molecule has 28 heavy (non-hydrogen) atoms. The second-order valence-corrected chi connectivity index (χ2v) is 6.50. The van der Waals surface area contributed by atoms with E-state index >= 15 is 0 Å². The predicted octanol–water partition coefficient (Wildman–Crippen LogP) is 5.38. The van der Waals surface area contributed by atoms with Crippen molar-refractivity contribution in [2.75, 3.05) is 5.32 Å². The summed E-state index contributed by atoms with van der Waals surface area (Å²) in [4.78, 5) is 20.0. The Morgan fingerprint density at radius 1 is 0.929 bits per heavy atom. The van der Waals surface area contributed by atoms with Crippen molar-refractivity contribution in [3.63, 3.8) is 0 Å². The van der Waals surface area contributed by atoms with Gasteiger partial charge in [0.05, 0.1) is 10.4 Å². The van der Waals surface area contributed by atoms with Crippen molar-refractivity contribution in [1.82, 2.24) is 9.97 Å². The molecule has 0 unspecified atom stereocenters. The van der Waals surface area contributed by atoms with Crippen LogP contribution < -0.4 is 5.32 Å². The highest BCUT2D eigenvalue weighted by molar-refractivity contribution is 5.90. The van der Waals surface area contributed by atoms with Crippen molar-refractivity contribution in [2.24, 2.45) is 0 Å². The Hall–Kier alpha value is -3.80. The predicted molar refractivity (Wildman–Crippen MR) is 110 cm³/mol. The molecule has 6 heteroatoms. The summed E-state index contributed by atoms with van der Waals surface area (Å²) >= 11 is 0. The fourth-order valence-electron chi connectivity index (χ4n) is 3.10. The lowest BCUT2D eigenvalue weighted by Gasteiger charge is -2.17. The van der Waals surface area contributed by atoms with Crippen LogP contribution in [0.15, 0.2) is 78.9 Å². The second kappa shape index (κ2) is 7.44. The lowest BCUT2D eigenvalue weighted by molar-refractivity contribution is -0.384. The average Bonchev–Trinajstić information content (AvgIpc) is 2.74. The number of nitrogens with one attached hydrogen (secondary N) is 1. The van der Waals surface area contributed by atoms with E-state index in [0.717, 1.165) is 16.5 Å². The molecular formula is C22H18N4O2. The molecule has 0 radical (unpaired) electrons. The quantitative estimate of drug-likeness (QED) is 0.377. The van der Waals surface area contributed by atoms with Gasteiger partial charge < -0.3 is 5.32 Å². The Bertz CT molecular complexity index is 1150. The number of rotatable bonds is 5. The molecule has 1 atom stereocenters. The van der Waals surface area contributed by atoms with Gasteiger partial charge in [-0.3, -0.25) is 10.1 Å². The van der Waals surface area contributed by atoms with Gasteiger partial charge in [0.15, 0.2) is 5.82 Å². The molecule has 0 fully saturated rings. The molecule has 1 heterocycles. The Balaban J connectivity index is 1.80. The van der Waals surface area contributed by atoms with E-state index in [1.807, 2.05) is 42.5 Å². The molecule has 0 saturated carbocycles. The highest BCUT2D eigenvalue weighted by Crippen LogP contribution is 2.29. The number of hydrogen-bond acceptors (Lipinski definition) is 5. The van der Waals surface area contributed by atoms with Gasteiger partial charge in [-0.25, -0.2) is 9.97 Å². The summed E-state index contributed by atoms with van der Waals surface area (Å²) in [6.07, 6.45) is 0. The summed E-state index contributed by atoms with van der Waals surface area (Å²) in [5.74, 6) is 1.15. The molecule has 138 valence electrons. The van der Waals surface area contributed by atoms with Gasteiger partial charge in [-0.15, -0.1) is 0 Å². The number of anilines is 1. The van der Waals surface area contributed by atoms with E-state index in [-0.39, 0.29) is 11.7 Å². The molecule has 1 N–H and O–H groups in total. The van der Waals surface area contributed by atoms with E-state index in [4.69, 9.17) is 4.98 Å². The van der Waals surface area contributed by atoms with E-state index in [1.165, 1.54) is 12.1 Å². The molecule has 0 aliphatic rings. The zero-order chi connectivity index (χ0) is 19.5. The maximum atomic E-state index is 11.1. The van der Waals surface area contributed by atoms with Crippen LogP contribution in [-0.2, 0) is 0 Å². The van der Waals surface area contributed by atoms with E-state index in [0.29, 0.717) is 17.2 Å². The van der Waals surface area contributed by atoms with Crippen LogP contribution in [0.4, 0.5) is 11.5 Å². The molecule has 1 aromatic heterocycles. The smallest absolute Gasteiger partial charge is 0.270 e. The van der Waals surface area contributed by atoms with Crippen LogP contribution in [0.2, 0.25) is 0 Å². The monoisotopic (exact) mass is 370 g/mol. The molecule has 0 aliphatic carbocycles. The Morgan fingerprint density at radius 3 is 2.46 bits per heavy atom. The van der Waals surface area contributed by atoms with Gasteiger partial charge in [0, 0.05) is 29.1 Å². The average molecular weight is 370 g/mol. The van der Waals surface area contributed by atoms with Gasteiger partial charge in [0.25, 0.3) is 5.69 Å². The minimum Gasteiger partial charge on any atom is -0.363 e. The molecule has 3 aromatic carbocycles. The summed E-state index contributed by atoms with van der Waals surface area (Å²) in [5.41, 5.74) is 2.54. The van der Waals surface area contributed by atoms with E-state index in [9.17, 15) is 10.1 Å². The summed E-state index contributed by atoms with van der Waals surface area (Å²) in [6, 6.07) is 24.2. The number of para-hydroxylation sites is 1. The van der Waals surface area contributed by atoms with Gasteiger partial charge in [-0.2, -0.15) is 0 Å². The first-order valence-corrected chi connectivity index (χ1v) is 8.95.